The quantitative estimate of drug-likeness (QED) is 0.457. The van der Waals surface area contributed by atoms with Gasteiger partial charge in [-0.25, -0.2) is 0 Å². The summed E-state index contributed by atoms with van der Waals surface area (Å²) in [4.78, 5) is 16.7. The average molecular weight is 513 g/mol. The molecule has 4 rings (SSSR count). The van der Waals surface area contributed by atoms with Crippen molar-refractivity contribution >= 4 is 5.97 Å². The van der Waals surface area contributed by atoms with E-state index in [1.54, 1.807) is 14.2 Å². The fraction of sp³-hybridized carbons (Fsp3) is 0.552. The van der Waals surface area contributed by atoms with Crippen molar-refractivity contribution in [1.29, 1.82) is 0 Å². The summed E-state index contributed by atoms with van der Waals surface area (Å²) in [5, 5.41) is 10.00. The largest absolute Gasteiger partial charge is 0.493 e. The minimum Gasteiger partial charge on any atom is -0.493 e. The van der Waals surface area contributed by atoms with Gasteiger partial charge < -0.3 is 24.1 Å². The fourth-order valence-corrected chi connectivity index (χ4v) is 5.38. The lowest BCUT2D eigenvalue weighted by Crippen LogP contribution is -2.46. The number of ether oxygens (including phenoxy) is 4. The smallest absolute Gasteiger partial charge is 0.320 e. The van der Waals surface area contributed by atoms with Gasteiger partial charge in [0.15, 0.2) is 11.5 Å². The van der Waals surface area contributed by atoms with Crippen molar-refractivity contribution in [2.75, 3.05) is 60.2 Å². The molecule has 1 N–H and O–H groups in total. The predicted octanol–water partition coefficient (Wildman–Crippen LogP) is 4.03. The maximum Gasteiger partial charge on any atom is 0.320 e. The number of nitrogens with zero attached hydrogens (tertiary/aromatic N) is 2. The third-order valence-electron chi connectivity index (χ3n) is 7.41. The molecule has 2 aliphatic rings. The zero-order valence-corrected chi connectivity index (χ0v) is 22.1. The second-order valence-corrected chi connectivity index (χ2v) is 9.71. The van der Waals surface area contributed by atoms with Gasteiger partial charge >= 0.3 is 5.97 Å². The highest BCUT2D eigenvalue weighted by molar-refractivity contribution is 5.73. The normalized spacial score (nSPS) is 19.8. The summed E-state index contributed by atoms with van der Waals surface area (Å²) < 4.78 is 22.4. The molecule has 0 bridgehead atoms. The minimum atomic E-state index is -0.742. The number of likely N-dealkylation sites (tertiary alicyclic amines) is 1. The molecule has 8 nitrogen and oxygen atoms in total. The van der Waals surface area contributed by atoms with Gasteiger partial charge in [-0.1, -0.05) is 24.6 Å². The molecule has 0 aliphatic carbocycles. The van der Waals surface area contributed by atoms with E-state index in [2.05, 4.69) is 28.0 Å². The fourth-order valence-electron chi connectivity index (χ4n) is 5.38. The lowest BCUT2D eigenvalue weighted by molar-refractivity contribution is -0.146. The van der Waals surface area contributed by atoms with E-state index in [1.807, 2.05) is 24.3 Å². The van der Waals surface area contributed by atoms with Gasteiger partial charge in [0, 0.05) is 25.7 Å². The van der Waals surface area contributed by atoms with E-state index < -0.39 is 12.0 Å². The first-order chi connectivity index (χ1) is 18.1. The second kappa shape index (κ2) is 13.7. The lowest BCUT2D eigenvalue weighted by Gasteiger charge is -2.39. The van der Waals surface area contributed by atoms with Gasteiger partial charge in [-0.15, -0.1) is 0 Å². The van der Waals surface area contributed by atoms with Gasteiger partial charge in [0.25, 0.3) is 0 Å². The Morgan fingerprint density at radius 2 is 1.86 bits per heavy atom. The van der Waals surface area contributed by atoms with Crippen molar-refractivity contribution < 1.29 is 28.8 Å². The van der Waals surface area contributed by atoms with E-state index in [9.17, 15) is 9.90 Å². The number of carboxylic acid groups (broad SMARTS) is 1. The van der Waals surface area contributed by atoms with Crippen LogP contribution in [-0.2, 0) is 16.0 Å². The van der Waals surface area contributed by atoms with Crippen LogP contribution in [-0.4, -0.2) is 87.1 Å². The molecule has 2 fully saturated rings. The van der Waals surface area contributed by atoms with Crippen molar-refractivity contribution in [3.63, 3.8) is 0 Å². The Bertz CT molecular complexity index is 1010. The lowest BCUT2D eigenvalue weighted by atomic mass is 9.92. The van der Waals surface area contributed by atoms with Crippen LogP contribution in [0.15, 0.2) is 42.5 Å². The molecule has 2 atom stereocenters. The summed E-state index contributed by atoms with van der Waals surface area (Å²) in [6.07, 6.45) is 4.21. The standard InChI is InChI=1S/C29H40N2O6/c1-34-27-12-10-22(20-28(27)35-2)9-11-25(31-13-4-3-8-26(31)29(32)33)23-6-5-7-24(21-23)37-19-16-30-14-17-36-18-15-30/h5-7,10,12,20-21,25-26H,3-4,8-9,11,13-19H2,1-2H3,(H,32,33)/t25-,26+/m1/s1. The Labute approximate surface area is 220 Å². The average Bonchev–Trinajstić information content (AvgIpc) is 2.94. The second-order valence-electron chi connectivity index (χ2n) is 9.71. The van der Waals surface area contributed by atoms with Gasteiger partial charge in [-0.2, -0.15) is 0 Å². The molecule has 37 heavy (non-hydrogen) atoms. The van der Waals surface area contributed by atoms with Crippen molar-refractivity contribution in [3.05, 3.63) is 53.6 Å². The summed E-state index contributed by atoms with van der Waals surface area (Å²) in [7, 11) is 3.27. The van der Waals surface area contributed by atoms with Crippen LogP contribution < -0.4 is 14.2 Å². The highest BCUT2D eigenvalue weighted by Gasteiger charge is 2.34. The molecule has 0 amide bonds. The Morgan fingerprint density at radius 3 is 2.62 bits per heavy atom. The molecule has 0 unspecified atom stereocenters. The third kappa shape index (κ3) is 7.37. The molecule has 0 spiro atoms. The van der Waals surface area contributed by atoms with Crippen LogP contribution in [0.3, 0.4) is 0 Å². The van der Waals surface area contributed by atoms with E-state index in [0.29, 0.717) is 24.5 Å². The highest BCUT2D eigenvalue weighted by Crippen LogP contribution is 2.35. The van der Waals surface area contributed by atoms with Gasteiger partial charge in [0.1, 0.15) is 18.4 Å². The van der Waals surface area contributed by atoms with Crippen LogP contribution in [0.25, 0.3) is 0 Å². The molecule has 2 aromatic carbocycles. The first-order valence-corrected chi connectivity index (χ1v) is 13.3. The van der Waals surface area contributed by atoms with Gasteiger partial charge in [0.05, 0.1) is 27.4 Å². The monoisotopic (exact) mass is 512 g/mol. The molecule has 2 heterocycles. The molecule has 8 heteroatoms. The number of hydrogen-bond donors (Lipinski definition) is 1. The number of carboxylic acids is 1. The van der Waals surface area contributed by atoms with E-state index in [0.717, 1.165) is 82.0 Å². The first-order valence-electron chi connectivity index (χ1n) is 13.3. The number of piperidine rings is 1. The SMILES string of the molecule is COc1ccc(CC[C@H](c2cccc(OCCN3CCOCC3)c2)N2CCCC[C@H]2C(=O)O)cc1OC. The number of benzene rings is 2. The third-order valence-corrected chi connectivity index (χ3v) is 7.41. The van der Waals surface area contributed by atoms with Crippen molar-refractivity contribution in [2.24, 2.45) is 0 Å². The molecule has 0 radical (unpaired) electrons. The molecule has 0 aromatic heterocycles. The number of hydrogen-bond acceptors (Lipinski definition) is 7. The Kier molecular flexibility index (Phi) is 10.0. The Morgan fingerprint density at radius 1 is 1.05 bits per heavy atom. The number of carbonyl (C=O) groups is 1. The molecule has 202 valence electrons. The zero-order chi connectivity index (χ0) is 26.0. The summed E-state index contributed by atoms with van der Waals surface area (Å²) in [6.45, 7) is 5.68. The highest BCUT2D eigenvalue weighted by atomic mass is 16.5. The Hall–Kier alpha value is -2.81. The van der Waals surface area contributed by atoms with Crippen LogP contribution >= 0.6 is 0 Å². The van der Waals surface area contributed by atoms with Crippen LogP contribution in [0.4, 0.5) is 0 Å². The van der Waals surface area contributed by atoms with Gasteiger partial charge in [-0.05, 0) is 67.6 Å². The van der Waals surface area contributed by atoms with Gasteiger partial charge in [-0.3, -0.25) is 14.6 Å². The molecular weight excluding hydrogens is 472 g/mol. The maximum atomic E-state index is 12.2. The number of rotatable bonds is 12. The number of aliphatic carboxylic acids is 1. The molecule has 0 saturated carbocycles. The minimum absolute atomic E-state index is 0.0303. The predicted molar refractivity (Wildman–Crippen MR) is 142 cm³/mol. The Balaban J connectivity index is 1.51. The maximum absolute atomic E-state index is 12.2. The molecule has 2 aromatic rings. The summed E-state index contributed by atoms with van der Waals surface area (Å²) in [6, 6.07) is 13.7. The zero-order valence-electron chi connectivity index (χ0n) is 22.1. The van der Waals surface area contributed by atoms with E-state index in [1.165, 1.54) is 0 Å². The van der Waals surface area contributed by atoms with Crippen LogP contribution in [0.2, 0.25) is 0 Å². The molecule has 2 saturated heterocycles. The van der Waals surface area contributed by atoms with E-state index in [-0.39, 0.29) is 6.04 Å². The summed E-state index contributed by atoms with van der Waals surface area (Å²) >= 11 is 0. The van der Waals surface area contributed by atoms with Crippen molar-refractivity contribution in [2.45, 2.75) is 44.2 Å². The first kappa shape index (κ1) is 27.2. The summed E-state index contributed by atoms with van der Waals surface area (Å²) in [5.41, 5.74) is 2.22. The molecule has 2 aliphatic heterocycles. The van der Waals surface area contributed by atoms with Crippen LogP contribution in [0, 0.1) is 0 Å². The van der Waals surface area contributed by atoms with Crippen molar-refractivity contribution in [3.8, 4) is 17.2 Å². The molecular formula is C29H40N2O6. The topological polar surface area (TPSA) is 80.7 Å². The van der Waals surface area contributed by atoms with Crippen LogP contribution in [0.5, 0.6) is 17.2 Å². The number of aryl methyl sites for hydroxylation is 1. The van der Waals surface area contributed by atoms with Crippen LogP contribution in [0.1, 0.15) is 42.9 Å². The van der Waals surface area contributed by atoms with Crippen molar-refractivity contribution in [1.82, 2.24) is 9.80 Å². The summed E-state index contributed by atoms with van der Waals surface area (Å²) in [5.74, 6) is 1.49. The van der Waals surface area contributed by atoms with Gasteiger partial charge in [0.2, 0.25) is 0 Å². The number of methoxy groups -OCH3 is 2. The van der Waals surface area contributed by atoms with E-state index >= 15 is 0 Å². The number of morpholine rings is 1. The van der Waals surface area contributed by atoms with E-state index in [4.69, 9.17) is 18.9 Å².